The fourth-order valence-corrected chi connectivity index (χ4v) is 6.85. The number of ketones is 1. The number of nitrogens with zero attached hydrogens (tertiary/aromatic N) is 2. The lowest BCUT2D eigenvalue weighted by molar-refractivity contribution is -0.142. The van der Waals surface area contributed by atoms with Crippen LogP contribution in [0.3, 0.4) is 0 Å². The molecular weight excluding hydrogens is 556 g/mol. The Bertz CT molecular complexity index is 1260. The van der Waals surface area contributed by atoms with Gasteiger partial charge in [0.05, 0.1) is 30.4 Å². The third kappa shape index (κ3) is 9.85. The number of imidazole rings is 1. The van der Waals surface area contributed by atoms with E-state index in [9.17, 15) is 14.7 Å². The van der Waals surface area contributed by atoms with Crippen LogP contribution in [0.25, 0.3) is 11.0 Å². The molecule has 1 N–H and O–H groups in total. The average Bonchev–Trinajstić information content (AvgIpc) is 3.22. The monoisotopic (exact) mass is 614 g/mol. The van der Waals surface area contributed by atoms with Crippen molar-refractivity contribution in [2.45, 2.75) is 124 Å². The standard InChI is InChI=1S/C35H58N2O5Si/c1-24(17-15-13-14-16-18-30(38)27-19-20-29-28(23-27)36-26(3)37(29)9)32(42-43(11,12)34(4,5)6)25(2)33(40)35(7,8)22-21-31(39)41-10/h14,16,19-20,23-25,30,32,38H,13,15,17-18,21-22H2,1-12H3/t24-,25+,30-,32-/m0/s1. The van der Waals surface area contributed by atoms with E-state index in [1.807, 2.05) is 52.9 Å². The van der Waals surface area contributed by atoms with Gasteiger partial charge in [-0.05, 0) is 80.8 Å². The maximum atomic E-state index is 13.8. The van der Waals surface area contributed by atoms with Gasteiger partial charge >= 0.3 is 5.97 Å². The number of methoxy groups -OCH3 is 1. The van der Waals surface area contributed by atoms with Crippen molar-refractivity contribution < 1.29 is 23.9 Å². The molecule has 8 heteroatoms. The number of hydrogen-bond donors (Lipinski definition) is 1. The number of hydrogen-bond acceptors (Lipinski definition) is 6. The molecular formula is C35H58N2O5Si. The molecule has 242 valence electrons. The Labute approximate surface area is 261 Å². The fourth-order valence-electron chi connectivity index (χ4n) is 5.38. The second kappa shape index (κ2) is 15.1. The number of aliphatic hydroxyl groups is 1. The zero-order valence-electron chi connectivity index (χ0n) is 28.9. The second-order valence-corrected chi connectivity index (χ2v) is 19.3. The molecule has 0 radical (unpaired) electrons. The predicted molar refractivity (Wildman–Crippen MR) is 178 cm³/mol. The lowest BCUT2D eigenvalue weighted by Gasteiger charge is -2.43. The number of carbonyl (C=O) groups excluding carboxylic acids is 2. The summed E-state index contributed by atoms with van der Waals surface area (Å²) in [6.07, 6.45) is 7.47. The normalized spacial score (nSPS) is 15.9. The third-order valence-corrected chi connectivity index (χ3v) is 14.1. The smallest absolute Gasteiger partial charge is 0.305 e. The van der Waals surface area contributed by atoms with Crippen LogP contribution in [-0.2, 0) is 25.8 Å². The Kier molecular flexibility index (Phi) is 13.0. The van der Waals surface area contributed by atoms with Crippen LogP contribution < -0.4 is 0 Å². The molecule has 2 rings (SSSR count). The first-order chi connectivity index (χ1) is 19.8. The molecule has 0 aliphatic rings. The predicted octanol–water partition coefficient (Wildman–Crippen LogP) is 8.24. The van der Waals surface area contributed by atoms with E-state index < -0.39 is 19.8 Å². The third-order valence-electron chi connectivity index (χ3n) is 9.62. The molecule has 0 amide bonds. The van der Waals surface area contributed by atoms with Crippen molar-refractivity contribution >= 4 is 31.1 Å². The number of aromatic nitrogens is 2. The maximum absolute atomic E-state index is 13.8. The van der Waals surface area contributed by atoms with Crippen LogP contribution in [0, 0.1) is 24.2 Å². The molecule has 0 fully saturated rings. The second-order valence-electron chi connectivity index (χ2n) is 14.6. The molecule has 1 heterocycles. The highest BCUT2D eigenvalue weighted by Gasteiger charge is 2.44. The molecule has 0 spiro atoms. The Morgan fingerprint density at radius 1 is 1.12 bits per heavy atom. The summed E-state index contributed by atoms with van der Waals surface area (Å²) in [6.45, 7) is 21.2. The zero-order chi connectivity index (χ0) is 32.8. The van der Waals surface area contributed by atoms with E-state index in [-0.39, 0.29) is 41.2 Å². The van der Waals surface area contributed by atoms with Crippen molar-refractivity contribution in [3.05, 3.63) is 41.7 Å². The summed E-state index contributed by atoms with van der Waals surface area (Å²) in [5.74, 6) is 0.703. The molecule has 0 aliphatic carbocycles. The Morgan fingerprint density at radius 3 is 2.37 bits per heavy atom. The number of aryl methyl sites for hydroxylation is 2. The number of aliphatic hydroxyl groups excluding tert-OH is 1. The first-order valence-corrected chi connectivity index (χ1v) is 18.8. The minimum atomic E-state index is -2.14. The summed E-state index contributed by atoms with van der Waals surface area (Å²) in [5, 5.41) is 10.8. The maximum Gasteiger partial charge on any atom is 0.305 e. The summed E-state index contributed by atoms with van der Waals surface area (Å²) in [5.41, 5.74) is 2.20. The number of rotatable bonds is 16. The van der Waals surface area contributed by atoms with Crippen molar-refractivity contribution in [2.75, 3.05) is 7.11 Å². The van der Waals surface area contributed by atoms with Gasteiger partial charge in [-0.2, -0.15) is 0 Å². The first kappa shape index (κ1) is 36.9. The number of fused-ring (bicyclic) bond motifs is 1. The first-order valence-electron chi connectivity index (χ1n) is 15.9. The molecule has 2 aromatic rings. The van der Waals surface area contributed by atoms with Gasteiger partial charge in [-0.25, -0.2) is 4.98 Å². The lowest BCUT2D eigenvalue weighted by atomic mass is 9.74. The van der Waals surface area contributed by atoms with Crippen LogP contribution in [0.2, 0.25) is 18.1 Å². The van der Waals surface area contributed by atoms with Gasteiger partial charge in [0.15, 0.2) is 8.32 Å². The van der Waals surface area contributed by atoms with Crippen molar-refractivity contribution in [1.82, 2.24) is 9.55 Å². The van der Waals surface area contributed by atoms with E-state index in [1.54, 1.807) is 0 Å². The quantitative estimate of drug-likeness (QED) is 0.0886. The van der Waals surface area contributed by atoms with Crippen LogP contribution in [0.1, 0.15) is 104 Å². The van der Waals surface area contributed by atoms with E-state index in [0.717, 1.165) is 41.7 Å². The van der Waals surface area contributed by atoms with Gasteiger partial charge in [0.1, 0.15) is 11.6 Å². The van der Waals surface area contributed by atoms with Crippen molar-refractivity contribution in [3.8, 4) is 0 Å². The SMILES string of the molecule is COC(=O)CCC(C)(C)C(=O)[C@H](C)[C@@H](O[Si](C)(C)C(C)(C)C)[C@@H](C)CCCC=CC[C@H](O)c1ccc2c(c1)nc(C)n2C. The van der Waals surface area contributed by atoms with Gasteiger partial charge < -0.3 is 18.8 Å². The van der Waals surface area contributed by atoms with Gasteiger partial charge in [-0.1, -0.05) is 66.7 Å². The topological polar surface area (TPSA) is 90.7 Å². The van der Waals surface area contributed by atoms with E-state index in [0.29, 0.717) is 12.8 Å². The van der Waals surface area contributed by atoms with E-state index in [4.69, 9.17) is 9.16 Å². The summed E-state index contributed by atoms with van der Waals surface area (Å²) in [7, 11) is 1.24. The van der Waals surface area contributed by atoms with E-state index in [1.165, 1.54) is 7.11 Å². The molecule has 0 saturated heterocycles. The van der Waals surface area contributed by atoms with Gasteiger partial charge in [-0.3, -0.25) is 9.59 Å². The van der Waals surface area contributed by atoms with Gasteiger partial charge in [0, 0.05) is 24.8 Å². The number of allylic oxidation sites excluding steroid dienone is 1. The zero-order valence-corrected chi connectivity index (χ0v) is 29.9. The highest BCUT2D eigenvalue weighted by Crippen LogP contribution is 2.41. The van der Waals surface area contributed by atoms with Crippen molar-refractivity contribution in [2.24, 2.45) is 24.3 Å². The Balaban J connectivity index is 2.02. The van der Waals surface area contributed by atoms with Gasteiger partial charge in [-0.15, -0.1) is 0 Å². The average molecular weight is 615 g/mol. The van der Waals surface area contributed by atoms with Crippen LogP contribution in [-0.4, -0.2) is 47.9 Å². The molecule has 1 aromatic heterocycles. The van der Waals surface area contributed by atoms with E-state index >= 15 is 0 Å². The van der Waals surface area contributed by atoms with Crippen LogP contribution >= 0.6 is 0 Å². The highest BCUT2D eigenvalue weighted by molar-refractivity contribution is 6.74. The molecule has 7 nitrogen and oxygen atoms in total. The van der Waals surface area contributed by atoms with Crippen LogP contribution in [0.4, 0.5) is 0 Å². The van der Waals surface area contributed by atoms with Gasteiger partial charge in [0.2, 0.25) is 0 Å². The fraction of sp³-hybridized carbons (Fsp3) is 0.686. The summed E-state index contributed by atoms with van der Waals surface area (Å²) >= 11 is 0. The molecule has 0 aliphatic heterocycles. The van der Waals surface area contributed by atoms with Crippen molar-refractivity contribution in [3.63, 3.8) is 0 Å². The molecule has 43 heavy (non-hydrogen) atoms. The molecule has 0 saturated carbocycles. The molecule has 4 atom stereocenters. The minimum Gasteiger partial charge on any atom is -0.469 e. The number of Topliss-reactive ketones (excluding diaryl/α,β-unsaturated/α-hetero) is 1. The Morgan fingerprint density at radius 2 is 1.77 bits per heavy atom. The largest absolute Gasteiger partial charge is 0.469 e. The number of ether oxygens (including phenoxy) is 1. The molecule has 0 unspecified atom stereocenters. The van der Waals surface area contributed by atoms with Crippen LogP contribution in [0.5, 0.6) is 0 Å². The Hall–Kier alpha value is -2.29. The van der Waals surface area contributed by atoms with E-state index in [2.05, 4.69) is 62.5 Å². The van der Waals surface area contributed by atoms with Crippen LogP contribution in [0.15, 0.2) is 30.4 Å². The summed E-state index contributed by atoms with van der Waals surface area (Å²) < 4.78 is 13.8. The summed E-state index contributed by atoms with van der Waals surface area (Å²) in [4.78, 5) is 30.1. The minimum absolute atomic E-state index is 0.0254. The van der Waals surface area contributed by atoms with Gasteiger partial charge in [0.25, 0.3) is 0 Å². The highest BCUT2D eigenvalue weighted by atomic mass is 28.4. The molecule has 1 aromatic carbocycles. The van der Waals surface area contributed by atoms with Crippen molar-refractivity contribution in [1.29, 1.82) is 0 Å². The molecule has 0 bridgehead atoms. The number of esters is 1. The number of benzene rings is 1. The lowest BCUT2D eigenvalue weighted by Crippen LogP contribution is -2.50. The number of carbonyl (C=O) groups is 2. The summed E-state index contributed by atoms with van der Waals surface area (Å²) in [6, 6.07) is 5.98. The number of unbranched alkanes of at least 4 members (excludes halogenated alkanes) is 1.